The van der Waals surface area contributed by atoms with E-state index < -0.39 is 24.1 Å². The molecule has 1 saturated heterocycles. The van der Waals surface area contributed by atoms with Crippen molar-refractivity contribution in [3.8, 4) is 0 Å². The summed E-state index contributed by atoms with van der Waals surface area (Å²) >= 11 is 1.39. The number of carbonyl (C=O) groups is 4. The average molecular weight is 657 g/mol. The fourth-order valence-corrected chi connectivity index (χ4v) is 5.90. The second kappa shape index (κ2) is 13.5. The number of halogens is 3. The van der Waals surface area contributed by atoms with E-state index in [4.69, 9.17) is 9.90 Å². The fraction of sp³-hybridized carbons (Fsp3) is 0.310. The molecule has 4 heterocycles. The van der Waals surface area contributed by atoms with E-state index in [-0.39, 0.29) is 24.3 Å². The number of piperidine rings is 1. The molecule has 6 rings (SSSR count). The van der Waals surface area contributed by atoms with Gasteiger partial charge in [0, 0.05) is 36.0 Å². The Balaban J connectivity index is 0.000000537. The number of rotatable bonds is 8. The molecule has 4 aromatic rings. The minimum atomic E-state index is -5.08. The minimum Gasteiger partial charge on any atom is -0.475 e. The summed E-state index contributed by atoms with van der Waals surface area (Å²) in [5, 5.41) is 27.7. The van der Waals surface area contributed by atoms with Crippen LogP contribution in [0.15, 0.2) is 53.9 Å². The van der Waals surface area contributed by atoms with Crippen molar-refractivity contribution in [2.45, 2.75) is 57.7 Å². The molecule has 17 heteroatoms. The van der Waals surface area contributed by atoms with E-state index in [9.17, 15) is 27.6 Å². The molecule has 46 heavy (non-hydrogen) atoms. The van der Waals surface area contributed by atoms with Gasteiger partial charge in [0.15, 0.2) is 5.82 Å². The van der Waals surface area contributed by atoms with Crippen molar-refractivity contribution in [2.24, 2.45) is 0 Å². The number of carbonyl (C=O) groups excluding carboxylic acids is 3. The standard InChI is InChI=1S/C27H26N8O3S.C2HF3O2/c1-16-21(15-39-31-16)24(25-30-32-33-35(25)13-17-5-3-2-4-6-17)28-12-18-7-8-20-19(11-18)14-34(27(20)38)22-9-10-23(36)29-26(22)37;3-2(4,5)1(6)7/h2-8,11,15,22,24,28H,9-10,12-14H2,1H3,(H,29,36,37);(H,6,7). The Bertz CT molecular complexity index is 1760. The number of tetrazole rings is 1. The van der Waals surface area contributed by atoms with Gasteiger partial charge in [-0.3, -0.25) is 25.0 Å². The number of carboxylic acid groups (broad SMARTS) is 1. The number of alkyl halides is 3. The van der Waals surface area contributed by atoms with Gasteiger partial charge in [-0.25, -0.2) is 9.48 Å². The Kier molecular flexibility index (Phi) is 9.52. The van der Waals surface area contributed by atoms with E-state index >= 15 is 0 Å². The number of fused-ring (bicyclic) bond motifs is 1. The molecule has 1 fully saturated rings. The van der Waals surface area contributed by atoms with Crippen LogP contribution in [0.25, 0.3) is 0 Å². The Labute approximate surface area is 263 Å². The van der Waals surface area contributed by atoms with E-state index in [1.165, 1.54) is 11.5 Å². The molecule has 2 unspecified atom stereocenters. The Morgan fingerprint density at radius 2 is 1.89 bits per heavy atom. The molecule has 13 nitrogen and oxygen atoms in total. The van der Waals surface area contributed by atoms with Crippen molar-refractivity contribution in [1.29, 1.82) is 0 Å². The molecule has 2 atom stereocenters. The van der Waals surface area contributed by atoms with Crippen molar-refractivity contribution in [3.05, 3.63) is 93.2 Å². The number of aliphatic carboxylic acids is 1. The lowest BCUT2D eigenvalue weighted by molar-refractivity contribution is -0.192. The number of hydrogen-bond donors (Lipinski definition) is 3. The van der Waals surface area contributed by atoms with Gasteiger partial charge >= 0.3 is 12.1 Å². The lowest BCUT2D eigenvalue weighted by Gasteiger charge is -2.29. The molecule has 0 bridgehead atoms. The van der Waals surface area contributed by atoms with Gasteiger partial charge in [0.1, 0.15) is 6.04 Å². The number of aromatic nitrogens is 5. The van der Waals surface area contributed by atoms with E-state index in [1.54, 1.807) is 9.58 Å². The second-order valence-electron chi connectivity index (χ2n) is 10.5. The van der Waals surface area contributed by atoms with Crippen LogP contribution < -0.4 is 10.6 Å². The van der Waals surface area contributed by atoms with Crippen LogP contribution in [0, 0.1) is 6.92 Å². The van der Waals surface area contributed by atoms with Gasteiger partial charge in [0.05, 0.1) is 18.3 Å². The largest absolute Gasteiger partial charge is 0.490 e. The summed E-state index contributed by atoms with van der Waals surface area (Å²) in [6.45, 7) is 3.34. The van der Waals surface area contributed by atoms with Crippen LogP contribution in [0.2, 0.25) is 0 Å². The number of nitrogens with zero attached hydrogens (tertiary/aromatic N) is 6. The van der Waals surface area contributed by atoms with Crippen molar-refractivity contribution < 1.29 is 37.5 Å². The molecule has 2 aromatic heterocycles. The molecule has 0 aliphatic carbocycles. The Hall–Kier alpha value is -5.03. The average Bonchev–Trinajstić information content (AvgIpc) is 3.73. The fourth-order valence-electron chi connectivity index (χ4n) is 5.16. The van der Waals surface area contributed by atoms with Gasteiger partial charge in [-0.15, -0.1) is 5.10 Å². The van der Waals surface area contributed by atoms with Crippen molar-refractivity contribution >= 4 is 35.2 Å². The Morgan fingerprint density at radius 3 is 2.54 bits per heavy atom. The van der Waals surface area contributed by atoms with Gasteiger partial charge in [-0.1, -0.05) is 42.5 Å². The van der Waals surface area contributed by atoms with E-state index in [0.717, 1.165) is 27.9 Å². The van der Waals surface area contributed by atoms with Crippen LogP contribution in [0.1, 0.15) is 63.0 Å². The van der Waals surface area contributed by atoms with Gasteiger partial charge in [-0.2, -0.15) is 17.5 Å². The van der Waals surface area contributed by atoms with Crippen LogP contribution in [0.5, 0.6) is 0 Å². The highest BCUT2D eigenvalue weighted by Crippen LogP contribution is 2.29. The predicted octanol–water partition coefficient (Wildman–Crippen LogP) is 2.76. The topological polar surface area (TPSA) is 172 Å². The maximum atomic E-state index is 13.1. The first-order chi connectivity index (χ1) is 21.9. The summed E-state index contributed by atoms with van der Waals surface area (Å²) in [6, 6.07) is 14.8. The minimum absolute atomic E-state index is 0.183. The number of imide groups is 1. The third kappa shape index (κ3) is 7.26. The summed E-state index contributed by atoms with van der Waals surface area (Å²) in [4.78, 5) is 47.4. The van der Waals surface area contributed by atoms with Gasteiger partial charge in [0.2, 0.25) is 11.8 Å². The maximum Gasteiger partial charge on any atom is 0.490 e. The molecule has 2 aliphatic rings. The Morgan fingerprint density at radius 1 is 1.15 bits per heavy atom. The number of carboxylic acids is 1. The van der Waals surface area contributed by atoms with Crippen molar-refractivity contribution in [2.75, 3.05) is 0 Å². The summed E-state index contributed by atoms with van der Waals surface area (Å²) in [5.41, 5.74) is 5.44. The molecule has 0 radical (unpaired) electrons. The van der Waals surface area contributed by atoms with E-state index in [1.807, 2.05) is 60.8 Å². The van der Waals surface area contributed by atoms with E-state index in [2.05, 4.69) is 30.5 Å². The van der Waals surface area contributed by atoms with E-state index in [0.29, 0.717) is 37.4 Å². The lowest BCUT2D eigenvalue weighted by atomic mass is 10.0. The zero-order valence-corrected chi connectivity index (χ0v) is 25.0. The first-order valence-electron chi connectivity index (χ1n) is 13.9. The number of amides is 3. The molecule has 0 spiro atoms. The smallest absolute Gasteiger partial charge is 0.475 e. The summed E-state index contributed by atoms with van der Waals surface area (Å²) in [6.07, 6.45) is -4.51. The second-order valence-corrected chi connectivity index (χ2v) is 11.2. The number of benzene rings is 2. The molecular weight excluding hydrogens is 629 g/mol. The van der Waals surface area contributed by atoms with Crippen LogP contribution in [-0.2, 0) is 34.0 Å². The number of aryl methyl sites for hydroxylation is 1. The van der Waals surface area contributed by atoms with Crippen LogP contribution in [0.4, 0.5) is 13.2 Å². The first-order valence-corrected chi connectivity index (χ1v) is 14.8. The maximum absolute atomic E-state index is 13.1. The number of hydrogen-bond acceptors (Lipinski definition) is 10. The number of nitrogens with one attached hydrogen (secondary N) is 2. The molecule has 0 saturated carbocycles. The highest BCUT2D eigenvalue weighted by Gasteiger charge is 2.39. The normalized spacial score (nSPS) is 16.8. The third-order valence-electron chi connectivity index (χ3n) is 7.43. The van der Waals surface area contributed by atoms with Gasteiger partial charge < -0.3 is 10.0 Å². The van der Waals surface area contributed by atoms with Crippen molar-refractivity contribution in [3.63, 3.8) is 0 Å². The molecule has 3 N–H and O–H groups in total. The van der Waals surface area contributed by atoms with Crippen LogP contribution in [0.3, 0.4) is 0 Å². The highest BCUT2D eigenvalue weighted by molar-refractivity contribution is 7.03. The summed E-state index contributed by atoms with van der Waals surface area (Å²) < 4.78 is 38.0. The predicted molar refractivity (Wildman–Crippen MR) is 155 cm³/mol. The van der Waals surface area contributed by atoms with Crippen molar-refractivity contribution in [1.82, 2.24) is 40.1 Å². The zero-order valence-electron chi connectivity index (χ0n) is 24.2. The molecule has 2 aromatic carbocycles. The van der Waals surface area contributed by atoms with Gasteiger partial charge in [-0.05, 0) is 58.1 Å². The highest BCUT2D eigenvalue weighted by atomic mass is 32.1. The zero-order chi connectivity index (χ0) is 33.0. The molecular formula is C29H27F3N8O5S. The quantitative estimate of drug-likeness (QED) is 0.240. The summed E-state index contributed by atoms with van der Waals surface area (Å²) in [5.74, 6) is -2.97. The molecule has 2 aliphatic heterocycles. The molecule has 240 valence electrons. The van der Waals surface area contributed by atoms with Gasteiger partial charge in [0.25, 0.3) is 5.91 Å². The summed E-state index contributed by atoms with van der Waals surface area (Å²) in [7, 11) is 0. The molecule has 3 amide bonds. The monoisotopic (exact) mass is 656 g/mol. The van der Waals surface area contributed by atoms with Crippen LogP contribution >= 0.6 is 11.5 Å². The third-order valence-corrected chi connectivity index (χ3v) is 8.17. The lowest BCUT2D eigenvalue weighted by Crippen LogP contribution is -2.52. The SMILES string of the molecule is Cc1nscc1C(NCc1ccc2c(c1)CN(C1CCC(=O)NC1=O)C2=O)c1nnnn1Cc1ccccc1.O=C(O)C(F)(F)F. The first kappa shape index (κ1) is 32.4. The van der Waals surface area contributed by atoms with Crippen LogP contribution in [-0.4, -0.2) is 70.5 Å².